The number of methoxy groups -OCH3 is 1. The average Bonchev–Trinajstić information content (AvgIpc) is 2.71. The molecular formula is C11H21N5O. The van der Waals surface area contributed by atoms with Crippen LogP contribution < -0.4 is 16.4 Å². The predicted octanol–water partition coefficient (Wildman–Crippen LogP) is -0.197. The number of nitrogens with zero attached hydrogens (tertiary/aromatic N) is 2. The molecule has 1 atom stereocenters. The molecule has 0 bridgehead atoms. The Labute approximate surface area is 102 Å². The van der Waals surface area contributed by atoms with E-state index >= 15 is 0 Å². The fourth-order valence-corrected chi connectivity index (χ4v) is 1.88. The van der Waals surface area contributed by atoms with E-state index in [-0.39, 0.29) is 6.10 Å². The molecule has 6 heteroatoms. The number of ether oxygens (including phenoxy) is 1. The molecule has 1 saturated heterocycles. The van der Waals surface area contributed by atoms with Crippen molar-refractivity contribution in [2.75, 3.05) is 38.6 Å². The van der Waals surface area contributed by atoms with Crippen molar-refractivity contribution < 1.29 is 4.74 Å². The van der Waals surface area contributed by atoms with Crippen LogP contribution in [0.1, 0.15) is 12.5 Å². The van der Waals surface area contributed by atoms with E-state index in [1.54, 1.807) is 7.11 Å². The lowest BCUT2D eigenvalue weighted by Crippen LogP contribution is -2.44. The Morgan fingerprint density at radius 3 is 3.12 bits per heavy atom. The zero-order valence-corrected chi connectivity index (χ0v) is 10.2. The Balaban J connectivity index is 1.80. The summed E-state index contributed by atoms with van der Waals surface area (Å²) in [6.07, 6.45) is 2.86. The monoisotopic (exact) mass is 239 g/mol. The summed E-state index contributed by atoms with van der Waals surface area (Å²) < 4.78 is 7.27. The highest BCUT2D eigenvalue weighted by Crippen LogP contribution is 2.17. The van der Waals surface area contributed by atoms with Crippen molar-refractivity contribution in [3.05, 3.63) is 12.3 Å². The van der Waals surface area contributed by atoms with E-state index < -0.39 is 0 Å². The molecule has 0 saturated carbocycles. The standard InChI is InChI=1S/C11H21N5O/c1-17-10(6-12)2-4-14-11-3-5-15-16(11)9-7-13-8-9/h3,5,9-10,13-14H,2,4,6-8,12H2,1H3. The molecule has 1 aromatic rings. The second-order valence-electron chi connectivity index (χ2n) is 4.28. The van der Waals surface area contributed by atoms with Gasteiger partial charge in [-0.15, -0.1) is 0 Å². The van der Waals surface area contributed by atoms with Gasteiger partial charge >= 0.3 is 0 Å². The molecule has 2 heterocycles. The SMILES string of the molecule is COC(CN)CCNc1ccnn1C1CNC1. The Bertz CT molecular complexity index is 332. The largest absolute Gasteiger partial charge is 0.380 e. The van der Waals surface area contributed by atoms with Gasteiger partial charge in [0.05, 0.1) is 18.3 Å². The van der Waals surface area contributed by atoms with Crippen LogP contribution in [-0.2, 0) is 4.74 Å². The van der Waals surface area contributed by atoms with Gasteiger partial charge in [0.25, 0.3) is 0 Å². The third-order valence-electron chi connectivity index (χ3n) is 3.14. The van der Waals surface area contributed by atoms with Crippen molar-refractivity contribution in [1.82, 2.24) is 15.1 Å². The summed E-state index contributed by atoms with van der Waals surface area (Å²) in [5.74, 6) is 1.07. The zero-order chi connectivity index (χ0) is 12.1. The highest BCUT2D eigenvalue weighted by Gasteiger charge is 2.21. The number of hydrogen-bond donors (Lipinski definition) is 3. The zero-order valence-electron chi connectivity index (χ0n) is 10.2. The van der Waals surface area contributed by atoms with E-state index in [4.69, 9.17) is 10.5 Å². The number of rotatable bonds is 7. The van der Waals surface area contributed by atoms with Crippen LogP contribution in [0.15, 0.2) is 12.3 Å². The van der Waals surface area contributed by atoms with E-state index in [0.29, 0.717) is 12.6 Å². The number of nitrogens with one attached hydrogen (secondary N) is 2. The lowest BCUT2D eigenvalue weighted by molar-refractivity contribution is 0.105. The second-order valence-corrected chi connectivity index (χ2v) is 4.28. The lowest BCUT2D eigenvalue weighted by Gasteiger charge is -2.29. The fraction of sp³-hybridized carbons (Fsp3) is 0.727. The van der Waals surface area contributed by atoms with Gasteiger partial charge in [0, 0.05) is 39.4 Å². The first-order valence-corrected chi connectivity index (χ1v) is 6.06. The van der Waals surface area contributed by atoms with Crippen LogP contribution in [0.5, 0.6) is 0 Å². The molecule has 1 unspecified atom stereocenters. The van der Waals surface area contributed by atoms with E-state index in [1.165, 1.54) is 0 Å². The molecule has 0 aromatic carbocycles. The van der Waals surface area contributed by atoms with Crippen molar-refractivity contribution >= 4 is 5.82 Å². The van der Waals surface area contributed by atoms with Crippen molar-refractivity contribution in [3.8, 4) is 0 Å². The Kier molecular flexibility index (Phi) is 4.36. The smallest absolute Gasteiger partial charge is 0.124 e. The summed E-state index contributed by atoms with van der Waals surface area (Å²) in [6, 6.07) is 2.49. The number of anilines is 1. The first-order chi connectivity index (χ1) is 8.35. The van der Waals surface area contributed by atoms with Crippen LogP contribution in [0.3, 0.4) is 0 Å². The molecule has 96 valence electrons. The van der Waals surface area contributed by atoms with Gasteiger partial charge in [0.1, 0.15) is 5.82 Å². The van der Waals surface area contributed by atoms with Gasteiger partial charge in [0.2, 0.25) is 0 Å². The van der Waals surface area contributed by atoms with Gasteiger partial charge in [-0.2, -0.15) is 5.10 Å². The molecule has 1 fully saturated rings. The van der Waals surface area contributed by atoms with Crippen LogP contribution in [0, 0.1) is 0 Å². The van der Waals surface area contributed by atoms with Gasteiger partial charge < -0.3 is 21.1 Å². The number of aromatic nitrogens is 2. The van der Waals surface area contributed by atoms with Gasteiger partial charge in [-0.1, -0.05) is 0 Å². The highest BCUT2D eigenvalue weighted by atomic mass is 16.5. The van der Waals surface area contributed by atoms with Crippen molar-refractivity contribution in [2.24, 2.45) is 5.73 Å². The van der Waals surface area contributed by atoms with Crippen LogP contribution >= 0.6 is 0 Å². The Morgan fingerprint density at radius 2 is 2.53 bits per heavy atom. The summed E-state index contributed by atoms with van der Waals surface area (Å²) in [4.78, 5) is 0. The minimum absolute atomic E-state index is 0.129. The first kappa shape index (κ1) is 12.3. The maximum absolute atomic E-state index is 5.57. The molecular weight excluding hydrogens is 218 g/mol. The summed E-state index contributed by atoms with van der Waals surface area (Å²) in [5, 5.41) is 11.0. The van der Waals surface area contributed by atoms with Crippen LogP contribution in [-0.4, -0.2) is 49.2 Å². The molecule has 6 nitrogen and oxygen atoms in total. The van der Waals surface area contributed by atoms with Crippen LogP contribution in [0.2, 0.25) is 0 Å². The van der Waals surface area contributed by atoms with Gasteiger partial charge in [-0.3, -0.25) is 0 Å². The van der Waals surface area contributed by atoms with E-state index in [0.717, 1.165) is 31.9 Å². The van der Waals surface area contributed by atoms with Crippen LogP contribution in [0.25, 0.3) is 0 Å². The molecule has 2 rings (SSSR count). The quantitative estimate of drug-likeness (QED) is 0.614. The van der Waals surface area contributed by atoms with E-state index in [2.05, 4.69) is 15.7 Å². The molecule has 1 aliphatic heterocycles. The fourth-order valence-electron chi connectivity index (χ4n) is 1.88. The summed E-state index contributed by atoms with van der Waals surface area (Å²) in [5.41, 5.74) is 5.57. The average molecular weight is 239 g/mol. The van der Waals surface area contributed by atoms with Crippen molar-refractivity contribution in [1.29, 1.82) is 0 Å². The first-order valence-electron chi connectivity index (χ1n) is 6.06. The molecule has 17 heavy (non-hydrogen) atoms. The lowest BCUT2D eigenvalue weighted by atomic mass is 10.2. The van der Waals surface area contributed by atoms with E-state index in [1.807, 2.05) is 16.9 Å². The maximum Gasteiger partial charge on any atom is 0.124 e. The minimum atomic E-state index is 0.129. The number of nitrogens with two attached hydrogens (primary N) is 1. The topological polar surface area (TPSA) is 77.1 Å². The summed E-state index contributed by atoms with van der Waals surface area (Å²) in [6.45, 7) is 3.41. The van der Waals surface area contributed by atoms with Gasteiger partial charge in [0.15, 0.2) is 0 Å². The normalized spacial score (nSPS) is 17.8. The Hall–Kier alpha value is -1.11. The molecule has 1 aliphatic rings. The summed E-state index contributed by atoms with van der Waals surface area (Å²) >= 11 is 0. The second kappa shape index (κ2) is 6.00. The molecule has 0 radical (unpaired) electrons. The third-order valence-corrected chi connectivity index (χ3v) is 3.14. The number of hydrogen-bond acceptors (Lipinski definition) is 5. The molecule has 0 amide bonds. The molecule has 1 aromatic heterocycles. The molecule has 0 spiro atoms. The Morgan fingerprint density at radius 1 is 1.71 bits per heavy atom. The predicted molar refractivity (Wildman–Crippen MR) is 67.1 cm³/mol. The van der Waals surface area contributed by atoms with E-state index in [9.17, 15) is 0 Å². The van der Waals surface area contributed by atoms with Gasteiger partial charge in [-0.05, 0) is 6.42 Å². The minimum Gasteiger partial charge on any atom is -0.380 e. The molecule has 0 aliphatic carbocycles. The maximum atomic E-state index is 5.57. The third kappa shape index (κ3) is 2.96. The van der Waals surface area contributed by atoms with Crippen molar-refractivity contribution in [3.63, 3.8) is 0 Å². The van der Waals surface area contributed by atoms with Crippen LogP contribution in [0.4, 0.5) is 5.82 Å². The molecule has 4 N–H and O–H groups in total. The highest BCUT2D eigenvalue weighted by molar-refractivity contribution is 5.34. The van der Waals surface area contributed by atoms with Crippen molar-refractivity contribution in [2.45, 2.75) is 18.6 Å². The summed E-state index contributed by atoms with van der Waals surface area (Å²) in [7, 11) is 1.70. The van der Waals surface area contributed by atoms with Gasteiger partial charge in [-0.25, -0.2) is 4.68 Å².